The third-order valence-electron chi connectivity index (χ3n) is 5.80. The summed E-state index contributed by atoms with van der Waals surface area (Å²) in [5, 5.41) is 9.19. The molecule has 0 unspecified atom stereocenters. The van der Waals surface area contributed by atoms with E-state index in [1.807, 2.05) is 13.0 Å². The summed E-state index contributed by atoms with van der Waals surface area (Å²) in [5.41, 5.74) is 1.43. The van der Waals surface area contributed by atoms with E-state index in [0.717, 1.165) is 17.7 Å². The van der Waals surface area contributed by atoms with Gasteiger partial charge in [0.2, 0.25) is 11.7 Å². The molecule has 0 saturated carbocycles. The van der Waals surface area contributed by atoms with Crippen molar-refractivity contribution in [3.63, 3.8) is 0 Å². The molecule has 0 atom stereocenters. The van der Waals surface area contributed by atoms with Gasteiger partial charge in [-0.15, -0.1) is 0 Å². The first-order valence-corrected chi connectivity index (χ1v) is 11.3. The van der Waals surface area contributed by atoms with Crippen molar-refractivity contribution >= 4 is 45.5 Å². The molecule has 2 aromatic heterocycles. The van der Waals surface area contributed by atoms with Crippen LogP contribution in [0.4, 0.5) is 31.7 Å². The van der Waals surface area contributed by atoms with Crippen LogP contribution >= 0.6 is 0 Å². The number of fused-ring (bicyclic) bond motifs is 1. The molecule has 38 heavy (non-hydrogen) atoms. The minimum Gasteiger partial charge on any atom is -0.494 e. The van der Waals surface area contributed by atoms with E-state index in [2.05, 4.69) is 27.5 Å². The zero-order valence-corrected chi connectivity index (χ0v) is 21.0. The van der Waals surface area contributed by atoms with Crippen molar-refractivity contribution in [2.75, 3.05) is 37.2 Å². The van der Waals surface area contributed by atoms with Crippen molar-refractivity contribution in [2.45, 2.75) is 6.92 Å². The number of hydrogen-bond acceptors (Lipinski definition) is 8. The lowest BCUT2D eigenvalue weighted by Gasteiger charge is -2.14. The van der Waals surface area contributed by atoms with Crippen LogP contribution in [0.25, 0.3) is 11.0 Å². The molecule has 0 bridgehead atoms. The average molecular weight is 523 g/mol. The molecule has 3 N–H and O–H groups in total. The first-order chi connectivity index (χ1) is 18.2. The number of ketones is 1. The minimum atomic E-state index is -1.19. The molecule has 9 nitrogen and oxygen atoms in total. The Balaban J connectivity index is 1.80. The molecular weight excluding hydrogens is 498 g/mol. The summed E-state index contributed by atoms with van der Waals surface area (Å²) in [6.45, 7) is 5.31. The summed E-state index contributed by atoms with van der Waals surface area (Å²) in [7, 11) is 3.91. The predicted molar refractivity (Wildman–Crippen MR) is 140 cm³/mol. The van der Waals surface area contributed by atoms with Gasteiger partial charge in [-0.05, 0) is 30.7 Å². The molecule has 196 valence electrons. The number of pyridine rings is 1. The van der Waals surface area contributed by atoms with E-state index < -0.39 is 23.0 Å². The van der Waals surface area contributed by atoms with E-state index in [9.17, 15) is 9.59 Å². The van der Waals surface area contributed by atoms with Crippen molar-refractivity contribution in [1.29, 1.82) is 0 Å². The fourth-order valence-corrected chi connectivity index (χ4v) is 3.93. The van der Waals surface area contributed by atoms with Gasteiger partial charge in [-0.25, -0.2) is 13.8 Å². The molecular formula is C27H24F2N4O5. The lowest BCUT2D eigenvalue weighted by Crippen LogP contribution is -2.11. The summed E-state index contributed by atoms with van der Waals surface area (Å²) < 4.78 is 45.6. The second-order valence-electron chi connectivity index (χ2n) is 8.05. The number of nitrogens with one attached hydrogen (secondary N) is 3. The number of carbonyl (C=O) groups excluding carboxylic acids is 2. The Kier molecular flexibility index (Phi) is 7.28. The number of aryl methyl sites for hydroxylation is 1. The Hall–Kier alpha value is -4.93. The zero-order chi connectivity index (χ0) is 27.6. The highest BCUT2D eigenvalue weighted by Gasteiger charge is 2.31. The molecule has 2 aromatic carbocycles. The number of anilines is 4. The predicted octanol–water partition coefficient (Wildman–Crippen LogP) is 5.57. The number of para-hydroxylation sites is 1. The van der Waals surface area contributed by atoms with Gasteiger partial charge < -0.3 is 29.8 Å². The summed E-state index contributed by atoms with van der Waals surface area (Å²) in [6, 6.07) is 7.97. The smallest absolute Gasteiger partial charge is 0.247 e. The second-order valence-corrected chi connectivity index (χ2v) is 8.05. The monoisotopic (exact) mass is 522 g/mol. The number of aromatic nitrogens is 1. The number of halogens is 2. The van der Waals surface area contributed by atoms with Gasteiger partial charge >= 0.3 is 0 Å². The molecule has 0 aliphatic heterocycles. The van der Waals surface area contributed by atoms with Crippen LogP contribution in [0.15, 0.2) is 53.6 Å². The van der Waals surface area contributed by atoms with Crippen LogP contribution < -0.4 is 25.4 Å². The zero-order valence-electron chi connectivity index (χ0n) is 21.0. The maximum Gasteiger partial charge on any atom is 0.247 e. The van der Waals surface area contributed by atoms with E-state index in [-0.39, 0.29) is 34.4 Å². The van der Waals surface area contributed by atoms with Crippen molar-refractivity contribution < 1.29 is 32.3 Å². The standard InChI is InChI=1S/C27H24F2N4O5/c1-6-20(34)32-15-9-7-8-13(2)24(15)33-19-10-14-18(12-31-19)38-27(25(14)30-3)26(35)21-22(28)16(36-4)11-17(37-5)23(21)29/h6-12,30H,1H2,2-5H3,(H,31,33)(H,32,34). The van der Waals surface area contributed by atoms with Crippen LogP contribution in [-0.2, 0) is 4.79 Å². The Labute approximate surface area is 216 Å². The fourth-order valence-electron chi connectivity index (χ4n) is 3.93. The Morgan fingerprint density at radius 2 is 1.76 bits per heavy atom. The quantitative estimate of drug-likeness (QED) is 0.193. The van der Waals surface area contributed by atoms with Crippen LogP contribution in [0.3, 0.4) is 0 Å². The van der Waals surface area contributed by atoms with Crippen molar-refractivity contribution in [3.05, 3.63) is 77.7 Å². The summed E-state index contributed by atoms with van der Waals surface area (Å²) in [4.78, 5) is 29.6. The van der Waals surface area contributed by atoms with Crippen LogP contribution in [0.5, 0.6) is 11.5 Å². The van der Waals surface area contributed by atoms with Gasteiger partial charge in [-0.1, -0.05) is 18.7 Å². The fraction of sp³-hybridized carbons (Fsp3) is 0.148. The molecule has 4 rings (SSSR count). The molecule has 0 radical (unpaired) electrons. The van der Waals surface area contributed by atoms with Crippen molar-refractivity contribution in [1.82, 2.24) is 4.98 Å². The van der Waals surface area contributed by atoms with Gasteiger partial charge in [0.05, 0.1) is 37.5 Å². The van der Waals surface area contributed by atoms with Gasteiger partial charge in [0, 0.05) is 18.5 Å². The lowest BCUT2D eigenvalue weighted by atomic mass is 10.0. The number of ether oxygens (including phenoxy) is 2. The largest absolute Gasteiger partial charge is 0.494 e. The van der Waals surface area contributed by atoms with E-state index in [1.165, 1.54) is 27.5 Å². The normalized spacial score (nSPS) is 10.7. The minimum absolute atomic E-state index is 0.195. The SMILES string of the molecule is C=CC(=O)Nc1cccc(C)c1Nc1cc2c(NC)c(C(=O)c3c(F)c(OC)cc(OC)c3F)oc2cn1. The van der Waals surface area contributed by atoms with Crippen LogP contribution in [0, 0.1) is 18.6 Å². The number of amides is 1. The van der Waals surface area contributed by atoms with E-state index >= 15 is 8.78 Å². The summed E-state index contributed by atoms with van der Waals surface area (Å²) in [5.74, 6) is -4.51. The summed E-state index contributed by atoms with van der Waals surface area (Å²) >= 11 is 0. The highest BCUT2D eigenvalue weighted by Crippen LogP contribution is 2.38. The maximum absolute atomic E-state index is 15.0. The lowest BCUT2D eigenvalue weighted by molar-refractivity contribution is -0.111. The molecule has 2 heterocycles. The van der Waals surface area contributed by atoms with Gasteiger partial charge in [0.15, 0.2) is 34.5 Å². The Morgan fingerprint density at radius 3 is 2.37 bits per heavy atom. The highest BCUT2D eigenvalue weighted by molar-refractivity contribution is 6.15. The molecule has 0 aliphatic rings. The van der Waals surface area contributed by atoms with Crippen LogP contribution in [0.2, 0.25) is 0 Å². The molecule has 4 aromatic rings. The third-order valence-corrected chi connectivity index (χ3v) is 5.80. The van der Waals surface area contributed by atoms with E-state index in [1.54, 1.807) is 18.2 Å². The Morgan fingerprint density at radius 1 is 1.08 bits per heavy atom. The number of furan rings is 1. The maximum atomic E-state index is 15.0. The molecule has 0 spiro atoms. The van der Waals surface area contributed by atoms with E-state index in [0.29, 0.717) is 22.6 Å². The van der Waals surface area contributed by atoms with Crippen LogP contribution in [-0.4, -0.2) is 37.9 Å². The molecule has 1 amide bonds. The number of benzene rings is 2. The topological polar surface area (TPSA) is 115 Å². The Bertz CT molecular complexity index is 1550. The van der Waals surface area contributed by atoms with Gasteiger partial charge in [0.1, 0.15) is 11.4 Å². The molecule has 0 aliphatic carbocycles. The van der Waals surface area contributed by atoms with Crippen LogP contribution in [0.1, 0.15) is 21.7 Å². The number of hydrogen-bond donors (Lipinski definition) is 3. The van der Waals surface area contributed by atoms with Gasteiger partial charge in [0.25, 0.3) is 0 Å². The van der Waals surface area contributed by atoms with Gasteiger partial charge in [-0.2, -0.15) is 0 Å². The molecule has 11 heteroatoms. The number of carbonyl (C=O) groups is 2. The first-order valence-electron chi connectivity index (χ1n) is 11.3. The molecule has 0 saturated heterocycles. The second kappa shape index (κ2) is 10.6. The van der Waals surface area contributed by atoms with Crippen molar-refractivity contribution in [3.8, 4) is 11.5 Å². The first kappa shape index (κ1) is 26.1. The summed E-state index contributed by atoms with van der Waals surface area (Å²) in [6.07, 6.45) is 2.53. The third kappa shape index (κ3) is 4.61. The highest BCUT2D eigenvalue weighted by atomic mass is 19.1. The van der Waals surface area contributed by atoms with Gasteiger partial charge in [-0.3, -0.25) is 9.59 Å². The number of rotatable bonds is 9. The van der Waals surface area contributed by atoms with E-state index in [4.69, 9.17) is 13.9 Å². The molecule has 0 fully saturated rings. The average Bonchev–Trinajstić information content (AvgIpc) is 3.28. The van der Waals surface area contributed by atoms with Crippen molar-refractivity contribution in [2.24, 2.45) is 0 Å². The number of methoxy groups -OCH3 is 2. The number of nitrogens with zero attached hydrogens (tertiary/aromatic N) is 1.